The van der Waals surface area contributed by atoms with E-state index >= 15 is 0 Å². The molecule has 0 unspecified atom stereocenters. The van der Waals surface area contributed by atoms with Crippen molar-refractivity contribution in [2.75, 3.05) is 6.54 Å². The Labute approximate surface area is 184 Å². The van der Waals surface area contributed by atoms with Gasteiger partial charge in [-0.2, -0.15) is 0 Å². The minimum absolute atomic E-state index is 0.00970. The number of imidazole rings is 1. The molecule has 4 rings (SSSR count). The molecule has 0 bridgehead atoms. The molecule has 0 aliphatic heterocycles. The maximum absolute atomic E-state index is 12.8. The van der Waals surface area contributed by atoms with E-state index in [2.05, 4.69) is 10.3 Å². The van der Waals surface area contributed by atoms with E-state index in [9.17, 15) is 9.59 Å². The third-order valence-corrected chi connectivity index (χ3v) is 5.21. The van der Waals surface area contributed by atoms with Gasteiger partial charge in [0.05, 0.1) is 17.6 Å². The van der Waals surface area contributed by atoms with Gasteiger partial charge in [-0.15, -0.1) is 0 Å². The van der Waals surface area contributed by atoms with Crippen molar-refractivity contribution in [3.05, 3.63) is 95.0 Å². The summed E-state index contributed by atoms with van der Waals surface area (Å²) in [5, 5.41) is 3.47. The van der Waals surface area contributed by atoms with Crippen LogP contribution in [0.2, 0.25) is 5.02 Å². The van der Waals surface area contributed by atoms with E-state index in [0.717, 1.165) is 16.9 Å². The van der Waals surface area contributed by atoms with Crippen molar-refractivity contribution in [3.63, 3.8) is 0 Å². The molecule has 1 amide bonds. The average Bonchev–Trinajstić information content (AvgIpc) is 3.15. The van der Waals surface area contributed by atoms with Crippen molar-refractivity contribution >= 4 is 34.3 Å². The highest BCUT2D eigenvalue weighted by Crippen LogP contribution is 2.19. The van der Waals surface area contributed by atoms with E-state index in [-0.39, 0.29) is 18.2 Å². The van der Waals surface area contributed by atoms with Crippen molar-refractivity contribution in [2.24, 2.45) is 0 Å². The van der Waals surface area contributed by atoms with Crippen LogP contribution in [0.15, 0.2) is 72.9 Å². The van der Waals surface area contributed by atoms with Gasteiger partial charge in [-0.05, 0) is 55.0 Å². The summed E-state index contributed by atoms with van der Waals surface area (Å²) in [6.07, 6.45) is 2.91. The molecular weight excluding hydrogens is 412 g/mol. The predicted octanol–water partition coefficient (Wildman–Crippen LogP) is 4.33. The van der Waals surface area contributed by atoms with Crippen molar-refractivity contribution in [1.82, 2.24) is 19.9 Å². The number of hydrogen-bond donors (Lipinski definition) is 1. The minimum Gasteiger partial charge on any atom is -0.351 e. The Bertz CT molecular complexity index is 1200. The fourth-order valence-corrected chi connectivity index (χ4v) is 3.53. The van der Waals surface area contributed by atoms with Gasteiger partial charge in [0.25, 0.3) is 5.91 Å². The van der Waals surface area contributed by atoms with E-state index in [1.54, 1.807) is 48.7 Å². The molecule has 1 N–H and O–H groups in total. The zero-order chi connectivity index (χ0) is 21.6. The molecule has 156 valence electrons. The summed E-state index contributed by atoms with van der Waals surface area (Å²) in [4.78, 5) is 33.7. The normalized spacial score (nSPS) is 10.9. The number of nitrogens with one attached hydrogen (secondary N) is 1. The number of pyridine rings is 1. The molecule has 0 atom stereocenters. The maximum Gasteiger partial charge on any atom is 0.269 e. The van der Waals surface area contributed by atoms with Gasteiger partial charge in [0.15, 0.2) is 5.78 Å². The van der Waals surface area contributed by atoms with Gasteiger partial charge >= 0.3 is 0 Å². The van der Waals surface area contributed by atoms with Crippen molar-refractivity contribution in [1.29, 1.82) is 0 Å². The number of carbonyl (C=O) groups excluding carboxylic acids is 2. The fourth-order valence-electron chi connectivity index (χ4n) is 3.40. The number of nitrogens with zero attached hydrogens (tertiary/aromatic N) is 3. The Hall–Kier alpha value is -3.51. The number of hydrogen-bond acceptors (Lipinski definition) is 4. The molecule has 2 aromatic heterocycles. The molecule has 0 saturated carbocycles. The quantitative estimate of drug-likeness (QED) is 0.332. The van der Waals surface area contributed by atoms with Crippen molar-refractivity contribution in [3.8, 4) is 0 Å². The molecule has 0 aliphatic rings. The minimum atomic E-state index is -0.202. The Kier molecular flexibility index (Phi) is 6.38. The second-order valence-corrected chi connectivity index (χ2v) is 7.54. The molecule has 2 aromatic carbocycles. The number of ketones is 1. The Balaban J connectivity index is 1.45. The van der Waals surface area contributed by atoms with E-state index < -0.39 is 0 Å². The number of carbonyl (C=O) groups is 2. The molecule has 0 aliphatic carbocycles. The number of para-hydroxylation sites is 2. The fraction of sp³-hybridized carbons (Fsp3) is 0.167. The second-order valence-electron chi connectivity index (χ2n) is 7.11. The van der Waals surface area contributed by atoms with Crippen LogP contribution in [0, 0.1) is 0 Å². The van der Waals surface area contributed by atoms with Gasteiger partial charge in [0.2, 0.25) is 0 Å². The highest BCUT2D eigenvalue weighted by atomic mass is 35.5. The van der Waals surface area contributed by atoms with Crippen LogP contribution in [0.1, 0.15) is 33.1 Å². The second kappa shape index (κ2) is 9.53. The van der Waals surface area contributed by atoms with Gasteiger partial charge in [-0.3, -0.25) is 14.6 Å². The average molecular weight is 433 g/mol. The summed E-state index contributed by atoms with van der Waals surface area (Å²) in [5.41, 5.74) is 2.76. The molecule has 7 heteroatoms. The molecular formula is C24H21ClN4O2. The number of aryl methyl sites for hydroxylation is 1. The zero-order valence-electron chi connectivity index (χ0n) is 16.8. The van der Waals surface area contributed by atoms with E-state index in [4.69, 9.17) is 16.6 Å². The summed E-state index contributed by atoms with van der Waals surface area (Å²) < 4.78 is 1.95. The Morgan fingerprint density at radius 1 is 0.968 bits per heavy atom. The van der Waals surface area contributed by atoms with Gasteiger partial charge in [-0.25, -0.2) is 4.98 Å². The number of Topliss-reactive ketones (excluding diaryl/α,β-unsaturated/α-hetero) is 1. The highest BCUT2D eigenvalue weighted by molar-refractivity contribution is 6.30. The SMILES string of the molecule is O=C(Cn1c(CCCNC(=O)c2ccccn2)nc2ccccc21)c1ccc(Cl)cc1. The van der Waals surface area contributed by atoms with Crippen LogP contribution in [-0.4, -0.2) is 32.8 Å². The first-order valence-corrected chi connectivity index (χ1v) is 10.4. The van der Waals surface area contributed by atoms with Crippen LogP contribution in [0.5, 0.6) is 0 Å². The lowest BCUT2D eigenvalue weighted by Crippen LogP contribution is -2.25. The van der Waals surface area contributed by atoms with Gasteiger partial charge in [-0.1, -0.05) is 29.8 Å². The van der Waals surface area contributed by atoms with E-state index in [1.165, 1.54) is 0 Å². The van der Waals surface area contributed by atoms with Gasteiger partial charge in [0, 0.05) is 29.7 Å². The largest absolute Gasteiger partial charge is 0.351 e. The number of halogens is 1. The van der Waals surface area contributed by atoms with Crippen LogP contribution < -0.4 is 5.32 Å². The molecule has 6 nitrogen and oxygen atoms in total. The lowest BCUT2D eigenvalue weighted by molar-refractivity contribution is 0.0946. The zero-order valence-corrected chi connectivity index (χ0v) is 17.5. The van der Waals surface area contributed by atoms with Crippen LogP contribution in [-0.2, 0) is 13.0 Å². The molecule has 0 spiro atoms. The number of rotatable bonds is 8. The monoisotopic (exact) mass is 432 g/mol. The highest BCUT2D eigenvalue weighted by Gasteiger charge is 2.15. The van der Waals surface area contributed by atoms with Gasteiger partial charge < -0.3 is 9.88 Å². The number of benzene rings is 2. The van der Waals surface area contributed by atoms with Crippen molar-refractivity contribution in [2.45, 2.75) is 19.4 Å². The lowest BCUT2D eigenvalue weighted by atomic mass is 10.1. The smallest absolute Gasteiger partial charge is 0.269 e. The van der Waals surface area contributed by atoms with Crippen LogP contribution >= 0.6 is 11.6 Å². The summed E-state index contributed by atoms with van der Waals surface area (Å²) in [5.74, 6) is 0.604. The van der Waals surface area contributed by atoms with E-state index in [1.807, 2.05) is 28.8 Å². The topological polar surface area (TPSA) is 76.9 Å². The summed E-state index contributed by atoms with van der Waals surface area (Å²) in [6, 6.07) is 19.9. The molecule has 0 saturated heterocycles. The van der Waals surface area contributed by atoms with E-state index in [0.29, 0.717) is 35.7 Å². The first kappa shape index (κ1) is 20.8. The standard InChI is InChI=1S/C24H21ClN4O2/c25-18-12-10-17(11-13-18)22(30)16-29-21-8-2-1-6-19(21)28-23(29)9-5-15-27-24(31)20-7-3-4-14-26-20/h1-4,6-8,10-14H,5,9,15-16H2,(H,27,31). The predicted molar refractivity (Wildman–Crippen MR) is 120 cm³/mol. The van der Waals surface area contributed by atoms with Crippen LogP contribution in [0.4, 0.5) is 0 Å². The molecule has 31 heavy (non-hydrogen) atoms. The van der Waals surface area contributed by atoms with Crippen LogP contribution in [0.25, 0.3) is 11.0 Å². The number of aromatic nitrogens is 3. The first-order chi connectivity index (χ1) is 15.1. The van der Waals surface area contributed by atoms with Gasteiger partial charge in [0.1, 0.15) is 11.5 Å². The lowest BCUT2D eigenvalue weighted by Gasteiger charge is -2.09. The molecule has 0 radical (unpaired) electrons. The number of fused-ring (bicyclic) bond motifs is 1. The van der Waals surface area contributed by atoms with Crippen molar-refractivity contribution < 1.29 is 9.59 Å². The summed E-state index contributed by atoms with van der Waals surface area (Å²) >= 11 is 5.93. The number of amides is 1. The maximum atomic E-state index is 12.8. The first-order valence-electron chi connectivity index (χ1n) is 10.0. The molecule has 4 aromatic rings. The van der Waals surface area contributed by atoms with Crippen LogP contribution in [0.3, 0.4) is 0 Å². The molecule has 2 heterocycles. The Morgan fingerprint density at radius 2 is 1.74 bits per heavy atom. The Morgan fingerprint density at radius 3 is 2.52 bits per heavy atom. The summed E-state index contributed by atoms with van der Waals surface area (Å²) in [6.45, 7) is 0.682. The molecule has 0 fully saturated rings. The summed E-state index contributed by atoms with van der Waals surface area (Å²) in [7, 11) is 0. The third-order valence-electron chi connectivity index (χ3n) is 4.96. The third kappa shape index (κ3) is 4.98.